The highest BCUT2D eigenvalue weighted by molar-refractivity contribution is 5.84. The molecule has 7 aliphatic rings. The maximum atomic E-state index is 13.5. The number of nitrogens with one attached hydrogen (secondary N) is 3. The van der Waals surface area contributed by atoms with Crippen LogP contribution in [0.25, 0.3) is 11.2 Å². The Labute approximate surface area is 249 Å². The fourth-order valence-corrected chi connectivity index (χ4v) is 9.97. The molecule has 7 fully saturated rings. The fourth-order valence-electron chi connectivity index (χ4n) is 9.97. The number of carbonyl (C=O) groups excluding carboxylic acids is 1. The molecule has 1 saturated heterocycles. The van der Waals surface area contributed by atoms with Gasteiger partial charge in [-0.15, -0.1) is 0 Å². The monoisotopic (exact) mass is 575 g/mol. The van der Waals surface area contributed by atoms with E-state index in [1.807, 2.05) is 6.33 Å². The van der Waals surface area contributed by atoms with Gasteiger partial charge in [0.25, 0.3) is 0 Å². The van der Waals surface area contributed by atoms with Crippen molar-refractivity contribution in [3.63, 3.8) is 0 Å². The minimum Gasteiger partial charge on any atom is -0.365 e. The quantitative estimate of drug-likeness (QED) is 0.374. The van der Waals surface area contributed by atoms with Crippen molar-refractivity contribution in [1.82, 2.24) is 29.7 Å². The van der Waals surface area contributed by atoms with E-state index >= 15 is 0 Å². The molecule has 228 valence electrons. The van der Waals surface area contributed by atoms with Crippen molar-refractivity contribution in [2.45, 2.75) is 132 Å². The molecule has 0 unspecified atom stereocenters. The number of piperidine rings is 1. The predicted octanol–water partition coefficient (Wildman–Crippen LogP) is 5.18. The summed E-state index contributed by atoms with van der Waals surface area (Å²) in [5.41, 5.74) is 8.02. The number of nitrogens with two attached hydrogens (primary N) is 1. The van der Waals surface area contributed by atoms with E-state index in [-0.39, 0.29) is 17.6 Å². The molecule has 42 heavy (non-hydrogen) atoms. The van der Waals surface area contributed by atoms with Gasteiger partial charge < -0.3 is 31.2 Å². The molecule has 9 rings (SSSR count). The second-order valence-corrected chi connectivity index (χ2v) is 14.9. The molecule has 5 N–H and O–H groups in total. The zero-order chi connectivity index (χ0) is 28.3. The van der Waals surface area contributed by atoms with E-state index < -0.39 is 0 Å². The van der Waals surface area contributed by atoms with Crippen LogP contribution >= 0.6 is 0 Å². The van der Waals surface area contributed by atoms with Crippen LogP contribution in [0.3, 0.4) is 0 Å². The molecule has 0 atom stereocenters. The largest absolute Gasteiger partial charge is 0.365 e. The first-order valence-corrected chi connectivity index (χ1v) is 17.1. The Balaban J connectivity index is 0.949. The average Bonchev–Trinajstić information content (AvgIpc) is 3.64. The van der Waals surface area contributed by atoms with E-state index in [9.17, 15) is 4.79 Å². The molecule has 2 aromatic rings. The minimum atomic E-state index is 0.0679. The van der Waals surface area contributed by atoms with Gasteiger partial charge in [-0.3, -0.25) is 0 Å². The van der Waals surface area contributed by atoms with Crippen molar-refractivity contribution >= 4 is 29.0 Å². The molecule has 4 bridgehead atoms. The molecule has 0 radical (unpaired) electrons. The third kappa shape index (κ3) is 5.22. The summed E-state index contributed by atoms with van der Waals surface area (Å²) in [5, 5.41) is 11.0. The van der Waals surface area contributed by atoms with Crippen molar-refractivity contribution in [3.8, 4) is 0 Å². The number of anilines is 2. The molecular formula is C32H49N9O. The summed E-state index contributed by atoms with van der Waals surface area (Å²) < 4.78 is 2.29. The zero-order valence-electron chi connectivity index (χ0n) is 25.1. The SMILES string of the molecule is N[C@H]1CC[C@H](Nc2nc(NC3CCN(C(=O)NC45CC6CC(CC(C6)C4)C5)CC3)c3ncn(C4CCCC4)c3n2)CC1. The number of likely N-dealkylation sites (tertiary alicyclic amines) is 1. The van der Waals surface area contributed by atoms with Crippen LogP contribution in [0.4, 0.5) is 16.6 Å². The van der Waals surface area contributed by atoms with E-state index in [4.69, 9.17) is 20.7 Å². The second-order valence-electron chi connectivity index (χ2n) is 14.9. The van der Waals surface area contributed by atoms with E-state index in [1.165, 1.54) is 64.2 Å². The van der Waals surface area contributed by atoms with Gasteiger partial charge in [0.15, 0.2) is 17.0 Å². The Hall–Kier alpha value is -2.62. The van der Waals surface area contributed by atoms with Gasteiger partial charge in [-0.2, -0.15) is 9.97 Å². The summed E-state index contributed by atoms with van der Waals surface area (Å²) in [4.78, 5) is 30.3. The van der Waals surface area contributed by atoms with Crippen LogP contribution in [0.5, 0.6) is 0 Å². The Kier molecular flexibility index (Phi) is 6.95. The van der Waals surface area contributed by atoms with Gasteiger partial charge in [0.2, 0.25) is 5.95 Å². The first kappa shape index (κ1) is 27.0. The Bertz CT molecular complexity index is 1250. The topological polar surface area (TPSA) is 126 Å². The molecule has 10 nitrogen and oxygen atoms in total. The lowest BCUT2D eigenvalue weighted by atomic mass is 9.53. The highest BCUT2D eigenvalue weighted by Crippen LogP contribution is 2.55. The van der Waals surface area contributed by atoms with Crippen molar-refractivity contribution in [3.05, 3.63) is 6.33 Å². The van der Waals surface area contributed by atoms with Gasteiger partial charge in [0.05, 0.1) is 6.33 Å². The van der Waals surface area contributed by atoms with Crippen LogP contribution in [0.1, 0.15) is 109 Å². The van der Waals surface area contributed by atoms with Crippen molar-refractivity contribution in [2.24, 2.45) is 23.5 Å². The number of fused-ring (bicyclic) bond motifs is 1. The molecule has 0 spiro atoms. The standard InChI is InChI=1S/C32H49N9O/c33-23-5-7-24(8-6-23)36-30-37-28(27-29(38-30)41(19-34-27)26-3-1-2-4-26)35-25-9-11-40(12-10-25)31(42)39-32-16-20-13-21(17-32)15-22(14-20)18-32/h19-26H,1-18,33H2,(H,39,42)(H2,35,36,37,38)/t20?,21?,22?,23-,24-,32?. The summed E-state index contributed by atoms with van der Waals surface area (Å²) >= 11 is 0. The number of carbonyl (C=O) groups is 1. The van der Waals surface area contributed by atoms with Crippen molar-refractivity contribution < 1.29 is 4.79 Å². The number of imidazole rings is 1. The second kappa shape index (κ2) is 10.8. The van der Waals surface area contributed by atoms with Crippen LogP contribution in [0, 0.1) is 17.8 Å². The summed E-state index contributed by atoms with van der Waals surface area (Å²) in [7, 11) is 0. The van der Waals surface area contributed by atoms with E-state index in [0.29, 0.717) is 24.1 Å². The van der Waals surface area contributed by atoms with Gasteiger partial charge in [-0.1, -0.05) is 12.8 Å². The maximum Gasteiger partial charge on any atom is 0.317 e. The van der Waals surface area contributed by atoms with E-state index in [0.717, 1.165) is 86.3 Å². The molecule has 0 aromatic carbocycles. The molecule has 6 aliphatic carbocycles. The zero-order valence-corrected chi connectivity index (χ0v) is 25.1. The van der Waals surface area contributed by atoms with Crippen molar-refractivity contribution in [2.75, 3.05) is 23.7 Å². The molecule has 2 aromatic heterocycles. The molecule has 6 saturated carbocycles. The van der Waals surface area contributed by atoms with Gasteiger partial charge in [0.1, 0.15) is 0 Å². The number of amides is 2. The van der Waals surface area contributed by atoms with Crippen LogP contribution in [-0.2, 0) is 0 Å². The van der Waals surface area contributed by atoms with Gasteiger partial charge in [-0.05, 0) is 108 Å². The lowest BCUT2D eigenvalue weighted by molar-refractivity contribution is -0.0159. The number of hydrogen-bond acceptors (Lipinski definition) is 7. The highest BCUT2D eigenvalue weighted by Gasteiger charge is 2.52. The van der Waals surface area contributed by atoms with Crippen LogP contribution in [0.15, 0.2) is 6.33 Å². The van der Waals surface area contributed by atoms with E-state index in [1.54, 1.807) is 0 Å². The molecule has 1 aliphatic heterocycles. The summed E-state index contributed by atoms with van der Waals surface area (Å²) in [5.74, 6) is 4.02. The highest BCUT2D eigenvalue weighted by atomic mass is 16.2. The van der Waals surface area contributed by atoms with Crippen LogP contribution in [-0.4, -0.2) is 67.2 Å². The van der Waals surface area contributed by atoms with Gasteiger partial charge in [0, 0.05) is 42.8 Å². The van der Waals surface area contributed by atoms with Crippen molar-refractivity contribution in [1.29, 1.82) is 0 Å². The first-order valence-electron chi connectivity index (χ1n) is 17.1. The lowest BCUT2D eigenvalue weighted by Gasteiger charge is -2.57. The first-order chi connectivity index (χ1) is 20.5. The Morgan fingerprint density at radius 1 is 0.833 bits per heavy atom. The normalized spacial score (nSPS) is 35.2. The number of aromatic nitrogens is 4. The van der Waals surface area contributed by atoms with E-state index in [2.05, 4.69) is 25.4 Å². The van der Waals surface area contributed by atoms with Crippen LogP contribution < -0.4 is 21.7 Å². The third-order valence-electron chi connectivity index (χ3n) is 11.8. The minimum absolute atomic E-state index is 0.0679. The summed E-state index contributed by atoms with van der Waals surface area (Å²) in [6.07, 6.45) is 20.7. The molecule has 2 amide bonds. The molecule has 10 heteroatoms. The third-order valence-corrected chi connectivity index (χ3v) is 11.8. The molecular weight excluding hydrogens is 526 g/mol. The lowest BCUT2D eigenvalue weighted by Crippen LogP contribution is -2.62. The van der Waals surface area contributed by atoms with Gasteiger partial charge >= 0.3 is 6.03 Å². The maximum absolute atomic E-state index is 13.5. The Morgan fingerprint density at radius 3 is 2.14 bits per heavy atom. The van der Waals surface area contributed by atoms with Gasteiger partial charge in [-0.25, -0.2) is 9.78 Å². The van der Waals surface area contributed by atoms with Crippen LogP contribution in [0.2, 0.25) is 0 Å². The smallest absolute Gasteiger partial charge is 0.317 e. The average molecular weight is 576 g/mol. The number of urea groups is 1. The Morgan fingerprint density at radius 2 is 1.48 bits per heavy atom. The fraction of sp³-hybridized carbons (Fsp3) is 0.812. The number of nitrogens with zero attached hydrogens (tertiary/aromatic N) is 5. The number of hydrogen-bond donors (Lipinski definition) is 4. The predicted molar refractivity (Wildman–Crippen MR) is 164 cm³/mol. The summed E-state index contributed by atoms with van der Waals surface area (Å²) in [6.45, 7) is 1.54. The summed E-state index contributed by atoms with van der Waals surface area (Å²) in [6, 6.07) is 1.55. The molecule has 3 heterocycles. The number of rotatable bonds is 6.